The summed E-state index contributed by atoms with van der Waals surface area (Å²) in [5.74, 6) is 0.900. The lowest BCUT2D eigenvalue weighted by Gasteiger charge is -2.35. The van der Waals surface area contributed by atoms with Crippen LogP contribution in [0.15, 0.2) is 77.9 Å². The largest absolute Gasteiger partial charge is 0.494 e. The molecule has 0 radical (unpaired) electrons. The highest BCUT2D eigenvalue weighted by atomic mass is 16.5. The van der Waals surface area contributed by atoms with Crippen LogP contribution in [-0.2, 0) is 11.3 Å². The van der Waals surface area contributed by atoms with E-state index in [1.165, 1.54) is 16.7 Å². The minimum atomic E-state index is -0.118. The Labute approximate surface area is 226 Å². The first-order valence-electron chi connectivity index (χ1n) is 13.7. The molecule has 0 aromatic heterocycles. The molecule has 0 aliphatic carbocycles. The summed E-state index contributed by atoms with van der Waals surface area (Å²) < 4.78 is 5.64. The fourth-order valence-corrected chi connectivity index (χ4v) is 5.37. The Kier molecular flexibility index (Phi) is 8.20. The van der Waals surface area contributed by atoms with Gasteiger partial charge in [-0.15, -0.1) is 0 Å². The molecule has 3 aromatic rings. The van der Waals surface area contributed by atoms with Crippen molar-refractivity contribution in [2.24, 2.45) is 5.10 Å². The molecule has 2 heterocycles. The molecule has 0 unspecified atom stereocenters. The number of carbonyl (C=O) groups is 1. The van der Waals surface area contributed by atoms with Crippen molar-refractivity contribution < 1.29 is 9.53 Å². The van der Waals surface area contributed by atoms with E-state index < -0.39 is 0 Å². The Morgan fingerprint density at radius 3 is 2.34 bits per heavy atom. The molecule has 0 spiro atoms. The molecule has 0 N–H and O–H groups in total. The molecule has 3 aromatic carbocycles. The summed E-state index contributed by atoms with van der Waals surface area (Å²) in [7, 11) is 0. The highest BCUT2D eigenvalue weighted by molar-refractivity contribution is 6.04. The number of rotatable bonds is 8. The summed E-state index contributed by atoms with van der Waals surface area (Å²) in [5, 5.41) is 6.68. The number of hydrazone groups is 1. The maximum absolute atomic E-state index is 13.7. The van der Waals surface area contributed by atoms with Crippen molar-refractivity contribution in [3.05, 3.63) is 101 Å². The van der Waals surface area contributed by atoms with Crippen molar-refractivity contribution >= 4 is 11.6 Å². The number of carbonyl (C=O) groups excluding carboxylic acids is 1. The SMILES string of the molecule is CCOc1ccc([C@H]2CC(c3cc(C)ccc3C)=NN2C(=O)CN2CCN(Cc3ccccc3)CC2)cc1. The minimum Gasteiger partial charge on any atom is -0.494 e. The molecule has 1 saturated heterocycles. The van der Waals surface area contributed by atoms with Crippen LogP contribution in [0, 0.1) is 13.8 Å². The minimum absolute atomic E-state index is 0.0562. The first kappa shape index (κ1) is 26.1. The standard InChI is InChI=1S/C32H38N4O2/c1-4-38-28-14-12-27(13-15-28)31-21-30(29-20-24(2)10-11-25(29)3)33-36(31)32(37)23-35-18-16-34(17-19-35)22-26-8-6-5-7-9-26/h5-15,20,31H,4,16-19,21-23H2,1-3H3/t31-/m1/s1. The van der Waals surface area contributed by atoms with Crippen LogP contribution < -0.4 is 4.74 Å². The van der Waals surface area contributed by atoms with Gasteiger partial charge in [-0.2, -0.15) is 5.10 Å². The van der Waals surface area contributed by atoms with E-state index in [1.807, 2.05) is 19.1 Å². The van der Waals surface area contributed by atoms with Gasteiger partial charge in [0.15, 0.2) is 0 Å². The van der Waals surface area contributed by atoms with Crippen molar-refractivity contribution in [3.8, 4) is 5.75 Å². The zero-order valence-electron chi connectivity index (χ0n) is 22.8. The van der Waals surface area contributed by atoms with E-state index in [2.05, 4.69) is 84.3 Å². The molecule has 198 valence electrons. The molecule has 38 heavy (non-hydrogen) atoms. The Morgan fingerprint density at radius 2 is 1.63 bits per heavy atom. The van der Waals surface area contributed by atoms with Crippen LogP contribution in [0.25, 0.3) is 0 Å². The van der Waals surface area contributed by atoms with E-state index in [9.17, 15) is 4.79 Å². The molecule has 2 aliphatic rings. The van der Waals surface area contributed by atoms with Crippen LogP contribution in [0.3, 0.4) is 0 Å². The molecule has 5 rings (SSSR count). The van der Waals surface area contributed by atoms with Crippen molar-refractivity contribution in [2.45, 2.75) is 39.8 Å². The van der Waals surface area contributed by atoms with Crippen molar-refractivity contribution in [1.82, 2.24) is 14.8 Å². The second kappa shape index (κ2) is 11.9. The second-order valence-electron chi connectivity index (χ2n) is 10.4. The van der Waals surface area contributed by atoms with E-state index in [1.54, 1.807) is 5.01 Å². The number of ether oxygens (including phenoxy) is 1. The van der Waals surface area contributed by atoms with Gasteiger partial charge < -0.3 is 4.74 Å². The molecule has 1 amide bonds. The van der Waals surface area contributed by atoms with Crippen LogP contribution in [0.2, 0.25) is 0 Å². The third-order valence-electron chi connectivity index (χ3n) is 7.52. The Bertz CT molecular complexity index is 1260. The lowest BCUT2D eigenvalue weighted by atomic mass is 9.95. The summed E-state index contributed by atoms with van der Waals surface area (Å²) in [5.41, 5.74) is 6.91. The molecule has 1 atom stereocenters. The van der Waals surface area contributed by atoms with Crippen LogP contribution in [-0.4, -0.2) is 65.8 Å². The van der Waals surface area contributed by atoms with Gasteiger partial charge in [-0.05, 0) is 55.7 Å². The first-order chi connectivity index (χ1) is 18.5. The molecular weight excluding hydrogens is 472 g/mol. The fraction of sp³-hybridized carbons (Fsp3) is 0.375. The van der Waals surface area contributed by atoms with E-state index >= 15 is 0 Å². The van der Waals surface area contributed by atoms with Gasteiger partial charge in [0.1, 0.15) is 5.75 Å². The van der Waals surface area contributed by atoms with Gasteiger partial charge in [0.05, 0.1) is 24.9 Å². The van der Waals surface area contributed by atoms with Crippen LogP contribution in [0.1, 0.15) is 47.2 Å². The van der Waals surface area contributed by atoms with Gasteiger partial charge in [0.2, 0.25) is 0 Å². The molecule has 6 heteroatoms. The van der Waals surface area contributed by atoms with Gasteiger partial charge >= 0.3 is 0 Å². The first-order valence-corrected chi connectivity index (χ1v) is 13.7. The monoisotopic (exact) mass is 510 g/mol. The maximum atomic E-state index is 13.7. The fourth-order valence-electron chi connectivity index (χ4n) is 5.37. The number of benzene rings is 3. The lowest BCUT2D eigenvalue weighted by molar-refractivity contribution is -0.134. The molecular formula is C32H38N4O2. The summed E-state index contributed by atoms with van der Waals surface area (Å²) in [6, 6.07) is 25.0. The Hall–Kier alpha value is -3.48. The van der Waals surface area contributed by atoms with E-state index in [0.29, 0.717) is 19.6 Å². The van der Waals surface area contributed by atoms with Gasteiger partial charge in [-0.25, -0.2) is 5.01 Å². The number of nitrogens with zero attached hydrogens (tertiary/aromatic N) is 4. The number of hydrogen-bond acceptors (Lipinski definition) is 5. The van der Waals surface area contributed by atoms with Crippen molar-refractivity contribution in [1.29, 1.82) is 0 Å². The Morgan fingerprint density at radius 1 is 0.921 bits per heavy atom. The van der Waals surface area contributed by atoms with E-state index in [-0.39, 0.29) is 11.9 Å². The average molecular weight is 511 g/mol. The quantitative estimate of drug-likeness (QED) is 0.418. The predicted molar refractivity (Wildman–Crippen MR) is 152 cm³/mol. The van der Waals surface area contributed by atoms with Gasteiger partial charge in [0, 0.05) is 44.7 Å². The smallest absolute Gasteiger partial charge is 0.257 e. The predicted octanol–water partition coefficient (Wildman–Crippen LogP) is 5.20. The molecule has 6 nitrogen and oxygen atoms in total. The summed E-state index contributed by atoms with van der Waals surface area (Å²) in [6.07, 6.45) is 0.703. The summed E-state index contributed by atoms with van der Waals surface area (Å²) in [4.78, 5) is 18.4. The second-order valence-corrected chi connectivity index (χ2v) is 10.4. The Balaban J connectivity index is 1.30. The average Bonchev–Trinajstić information content (AvgIpc) is 3.38. The topological polar surface area (TPSA) is 48.4 Å². The van der Waals surface area contributed by atoms with Crippen LogP contribution in [0.5, 0.6) is 5.75 Å². The van der Waals surface area contributed by atoms with E-state index in [4.69, 9.17) is 9.84 Å². The maximum Gasteiger partial charge on any atom is 0.257 e. The highest BCUT2D eigenvalue weighted by Gasteiger charge is 2.34. The lowest BCUT2D eigenvalue weighted by Crippen LogP contribution is -2.49. The zero-order valence-corrected chi connectivity index (χ0v) is 22.8. The highest BCUT2D eigenvalue weighted by Crippen LogP contribution is 2.34. The third-order valence-corrected chi connectivity index (χ3v) is 7.52. The van der Waals surface area contributed by atoms with Crippen LogP contribution >= 0.6 is 0 Å². The van der Waals surface area contributed by atoms with Crippen molar-refractivity contribution in [2.75, 3.05) is 39.3 Å². The number of aryl methyl sites for hydroxylation is 2. The molecule has 2 aliphatic heterocycles. The number of amides is 1. The van der Waals surface area contributed by atoms with Crippen LogP contribution in [0.4, 0.5) is 0 Å². The van der Waals surface area contributed by atoms with Crippen molar-refractivity contribution in [3.63, 3.8) is 0 Å². The molecule has 1 fully saturated rings. The summed E-state index contributed by atoms with van der Waals surface area (Å²) >= 11 is 0. The number of hydrogen-bond donors (Lipinski definition) is 0. The van der Waals surface area contributed by atoms with Gasteiger partial charge in [-0.1, -0.05) is 60.2 Å². The van der Waals surface area contributed by atoms with Gasteiger partial charge in [-0.3, -0.25) is 14.6 Å². The van der Waals surface area contributed by atoms with E-state index in [0.717, 1.165) is 55.3 Å². The normalized spacial score (nSPS) is 18.4. The number of piperazine rings is 1. The molecule has 0 bridgehead atoms. The third kappa shape index (κ3) is 6.14. The summed E-state index contributed by atoms with van der Waals surface area (Å²) in [6.45, 7) is 11.9. The van der Waals surface area contributed by atoms with Gasteiger partial charge in [0.25, 0.3) is 5.91 Å². The zero-order chi connectivity index (χ0) is 26.5. The molecule has 0 saturated carbocycles.